The molecular weight excluding hydrogens is 250 g/mol. The van der Waals surface area contributed by atoms with Gasteiger partial charge in [0.25, 0.3) is 0 Å². The van der Waals surface area contributed by atoms with E-state index in [1.165, 1.54) is 6.92 Å². The summed E-state index contributed by atoms with van der Waals surface area (Å²) in [5.41, 5.74) is -0.683. The molecule has 0 N–H and O–H groups in total. The summed E-state index contributed by atoms with van der Waals surface area (Å²) in [5, 5.41) is 0. The molecule has 0 saturated carbocycles. The van der Waals surface area contributed by atoms with Crippen molar-refractivity contribution >= 4 is 23.6 Å². The number of rotatable bonds is 3. The average Bonchev–Trinajstić information content (AvgIpc) is 2.56. The van der Waals surface area contributed by atoms with Gasteiger partial charge >= 0.3 is 5.97 Å². The molecule has 0 spiro atoms. The third-order valence-electron chi connectivity index (χ3n) is 2.56. The number of carbonyl (C=O) groups excluding carboxylic acids is 4. The van der Waals surface area contributed by atoms with Gasteiger partial charge in [-0.05, 0) is 34.1 Å². The van der Waals surface area contributed by atoms with Crippen molar-refractivity contribution in [2.75, 3.05) is 0 Å². The highest BCUT2D eigenvalue weighted by molar-refractivity contribution is 6.07. The molecule has 0 aromatic carbocycles. The Morgan fingerprint density at radius 3 is 2.37 bits per heavy atom. The molecule has 0 aromatic rings. The van der Waals surface area contributed by atoms with E-state index in [9.17, 15) is 19.2 Å². The fourth-order valence-electron chi connectivity index (χ4n) is 1.89. The van der Waals surface area contributed by atoms with E-state index in [0.717, 1.165) is 4.90 Å². The molecule has 1 heterocycles. The zero-order chi connectivity index (χ0) is 14.8. The highest BCUT2D eigenvalue weighted by atomic mass is 16.6. The van der Waals surface area contributed by atoms with Gasteiger partial charge in [-0.1, -0.05) is 0 Å². The minimum atomic E-state index is -0.904. The Morgan fingerprint density at radius 1 is 1.32 bits per heavy atom. The third-order valence-corrected chi connectivity index (χ3v) is 2.56. The number of hydrogen-bond acceptors (Lipinski definition) is 5. The Labute approximate surface area is 112 Å². The van der Waals surface area contributed by atoms with E-state index in [1.54, 1.807) is 20.8 Å². The first-order valence-corrected chi connectivity index (χ1v) is 6.19. The molecule has 2 amide bonds. The Bertz CT molecular complexity index is 421. The van der Waals surface area contributed by atoms with Gasteiger partial charge in [-0.15, -0.1) is 0 Å². The number of amides is 2. The van der Waals surface area contributed by atoms with Gasteiger partial charge < -0.3 is 4.74 Å². The van der Waals surface area contributed by atoms with E-state index in [0.29, 0.717) is 0 Å². The Kier molecular flexibility index (Phi) is 4.44. The van der Waals surface area contributed by atoms with Crippen LogP contribution in [-0.2, 0) is 23.9 Å². The summed E-state index contributed by atoms with van der Waals surface area (Å²) in [6, 6.07) is -0.904. The normalized spacial score (nSPS) is 19.5. The topological polar surface area (TPSA) is 80.8 Å². The number of esters is 1. The summed E-state index contributed by atoms with van der Waals surface area (Å²) < 4.78 is 5.19. The van der Waals surface area contributed by atoms with Crippen LogP contribution in [0.4, 0.5) is 0 Å². The van der Waals surface area contributed by atoms with Crippen molar-refractivity contribution < 1.29 is 23.9 Å². The highest BCUT2D eigenvalue weighted by Crippen LogP contribution is 2.23. The van der Waals surface area contributed by atoms with Crippen molar-refractivity contribution in [1.29, 1.82) is 0 Å². The van der Waals surface area contributed by atoms with E-state index in [1.807, 2.05) is 0 Å². The summed E-state index contributed by atoms with van der Waals surface area (Å²) in [4.78, 5) is 47.3. The van der Waals surface area contributed by atoms with Gasteiger partial charge in [-0.2, -0.15) is 0 Å². The lowest BCUT2D eigenvalue weighted by Gasteiger charge is -2.26. The third kappa shape index (κ3) is 4.15. The maximum absolute atomic E-state index is 12.0. The molecule has 1 rings (SSSR count). The average molecular weight is 269 g/mol. The zero-order valence-corrected chi connectivity index (χ0v) is 11.7. The van der Waals surface area contributed by atoms with Crippen molar-refractivity contribution in [1.82, 2.24) is 4.90 Å². The minimum Gasteiger partial charge on any atom is -0.458 e. The lowest BCUT2D eigenvalue weighted by molar-refractivity contribution is -0.166. The van der Waals surface area contributed by atoms with Crippen LogP contribution in [0.25, 0.3) is 0 Å². The Morgan fingerprint density at radius 2 is 1.89 bits per heavy atom. The fraction of sp³-hybridized carbons (Fsp3) is 0.692. The van der Waals surface area contributed by atoms with E-state index < -0.39 is 29.4 Å². The van der Waals surface area contributed by atoms with Crippen LogP contribution in [0, 0.1) is 0 Å². The van der Waals surface area contributed by atoms with Gasteiger partial charge in [-0.25, -0.2) is 4.79 Å². The van der Waals surface area contributed by atoms with Crippen LogP contribution in [-0.4, -0.2) is 40.1 Å². The number of imide groups is 1. The van der Waals surface area contributed by atoms with Crippen molar-refractivity contribution in [3.63, 3.8) is 0 Å². The van der Waals surface area contributed by atoms with Crippen LogP contribution >= 0.6 is 0 Å². The number of ether oxygens (including phenoxy) is 1. The number of carbonyl (C=O) groups is 4. The molecule has 1 aliphatic rings. The molecule has 1 atom stereocenters. The van der Waals surface area contributed by atoms with E-state index in [-0.39, 0.29) is 25.0 Å². The molecule has 0 bridgehead atoms. The predicted molar refractivity (Wildman–Crippen MR) is 66.0 cm³/mol. The molecule has 0 aliphatic carbocycles. The number of Topliss-reactive ketones (excluding diaryl/α,β-unsaturated/α-hetero) is 1. The van der Waals surface area contributed by atoms with E-state index >= 15 is 0 Å². The Hall–Kier alpha value is -1.72. The molecular formula is C13H19NO5. The van der Waals surface area contributed by atoms with Gasteiger partial charge in [-0.3, -0.25) is 19.3 Å². The second kappa shape index (κ2) is 5.50. The van der Waals surface area contributed by atoms with Gasteiger partial charge in [0.2, 0.25) is 11.8 Å². The van der Waals surface area contributed by atoms with Gasteiger partial charge in [0.05, 0.1) is 6.42 Å². The summed E-state index contributed by atoms with van der Waals surface area (Å²) >= 11 is 0. The smallest absolute Gasteiger partial charge is 0.329 e. The van der Waals surface area contributed by atoms with Crippen molar-refractivity contribution in [3.8, 4) is 0 Å². The molecule has 0 radical (unpaired) electrons. The van der Waals surface area contributed by atoms with E-state index in [4.69, 9.17) is 4.74 Å². The summed E-state index contributed by atoms with van der Waals surface area (Å²) in [6.45, 7) is 6.40. The molecule has 19 heavy (non-hydrogen) atoms. The first-order chi connectivity index (χ1) is 8.61. The fourth-order valence-corrected chi connectivity index (χ4v) is 1.89. The molecule has 1 unspecified atom stereocenters. The maximum atomic E-state index is 12.0. The number of hydrogen-bond donors (Lipinski definition) is 0. The van der Waals surface area contributed by atoms with Crippen molar-refractivity contribution in [2.45, 2.75) is 58.6 Å². The largest absolute Gasteiger partial charge is 0.458 e. The monoisotopic (exact) mass is 269 g/mol. The van der Waals surface area contributed by atoms with Crippen LogP contribution in [0.3, 0.4) is 0 Å². The van der Waals surface area contributed by atoms with Crippen LogP contribution in [0.5, 0.6) is 0 Å². The first kappa shape index (κ1) is 15.3. The molecule has 106 valence electrons. The highest BCUT2D eigenvalue weighted by Gasteiger charge is 2.42. The van der Waals surface area contributed by atoms with E-state index in [2.05, 4.69) is 0 Å². The molecule has 0 aromatic heterocycles. The van der Waals surface area contributed by atoms with Gasteiger partial charge in [0.15, 0.2) is 0 Å². The number of ketones is 1. The second-order valence-corrected chi connectivity index (χ2v) is 5.62. The standard InChI is InChI=1S/C13H19NO5/c1-8(15)7-11(17)14-9(5-6-10(14)16)12(18)19-13(2,3)4/h9H,5-7H2,1-4H3. The molecule has 1 aliphatic heterocycles. The maximum Gasteiger partial charge on any atom is 0.329 e. The van der Waals surface area contributed by atoms with Crippen LogP contribution in [0.2, 0.25) is 0 Å². The predicted octanol–water partition coefficient (Wildman–Crippen LogP) is 0.825. The first-order valence-electron chi connectivity index (χ1n) is 6.19. The number of likely N-dealkylation sites (tertiary alicyclic amines) is 1. The molecule has 1 saturated heterocycles. The van der Waals surface area contributed by atoms with Crippen LogP contribution < -0.4 is 0 Å². The minimum absolute atomic E-state index is 0.119. The Balaban J connectivity index is 2.82. The zero-order valence-electron chi connectivity index (χ0n) is 11.7. The van der Waals surface area contributed by atoms with Gasteiger partial charge in [0, 0.05) is 6.42 Å². The van der Waals surface area contributed by atoms with Crippen molar-refractivity contribution in [2.24, 2.45) is 0 Å². The molecule has 6 nitrogen and oxygen atoms in total. The second-order valence-electron chi connectivity index (χ2n) is 5.62. The van der Waals surface area contributed by atoms with Crippen LogP contribution in [0.1, 0.15) is 47.0 Å². The quantitative estimate of drug-likeness (QED) is 0.560. The van der Waals surface area contributed by atoms with Gasteiger partial charge in [0.1, 0.15) is 17.4 Å². The summed E-state index contributed by atoms with van der Waals surface area (Å²) in [5.74, 6) is -2.00. The molecule has 1 fully saturated rings. The SMILES string of the molecule is CC(=O)CC(=O)N1C(=O)CCC1C(=O)OC(C)(C)C. The summed E-state index contributed by atoms with van der Waals surface area (Å²) in [7, 11) is 0. The van der Waals surface area contributed by atoms with Crippen molar-refractivity contribution in [3.05, 3.63) is 0 Å². The lowest BCUT2D eigenvalue weighted by atomic mass is 10.1. The lowest BCUT2D eigenvalue weighted by Crippen LogP contribution is -2.45. The summed E-state index contributed by atoms with van der Waals surface area (Å²) in [6.07, 6.45) is -0.00398. The van der Waals surface area contributed by atoms with Crippen LogP contribution in [0.15, 0.2) is 0 Å². The molecule has 6 heteroatoms. The number of nitrogens with zero attached hydrogens (tertiary/aromatic N) is 1.